The standard InChI is InChI=1S/C14H18F8O10/c1-5-26-14(29-9(23)24,30-13(20,21)22)32-31-10(17)7(25-4)11(12(10,18)19,27-6(2)3)28-8(15)16/h6-8H,5H2,1-4H3,(H,23,24). The maximum Gasteiger partial charge on any atom is 0.529 e. The zero-order valence-electron chi connectivity index (χ0n) is 16.6. The van der Waals surface area contributed by atoms with Gasteiger partial charge in [-0.25, -0.2) is 4.79 Å². The van der Waals surface area contributed by atoms with Crippen molar-refractivity contribution in [3.8, 4) is 0 Å². The van der Waals surface area contributed by atoms with Gasteiger partial charge < -0.3 is 19.3 Å². The fourth-order valence-corrected chi connectivity index (χ4v) is 2.59. The molecule has 0 saturated heterocycles. The van der Waals surface area contributed by atoms with Crippen LogP contribution >= 0.6 is 0 Å². The van der Waals surface area contributed by atoms with Gasteiger partial charge in [-0.1, -0.05) is 0 Å². The van der Waals surface area contributed by atoms with Crippen molar-refractivity contribution in [3.05, 3.63) is 0 Å². The molecule has 0 bridgehead atoms. The van der Waals surface area contributed by atoms with E-state index in [0.29, 0.717) is 7.11 Å². The Kier molecular flexibility index (Phi) is 8.66. The molecule has 0 radical (unpaired) electrons. The first kappa shape index (κ1) is 28.5. The Labute approximate surface area is 174 Å². The maximum absolute atomic E-state index is 15.1. The third-order valence-corrected chi connectivity index (χ3v) is 3.50. The van der Waals surface area contributed by atoms with E-state index in [1.807, 2.05) is 0 Å². The number of methoxy groups -OCH3 is 1. The number of hydrogen-bond donors (Lipinski definition) is 1. The number of halogens is 8. The summed E-state index contributed by atoms with van der Waals surface area (Å²) in [6.45, 7) is -1.75. The number of hydrogen-bond acceptors (Lipinski definition) is 9. The van der Waals surface area contributed by atoms with Crippen molar-refractivity contribution < 1.29 is 83.2 Å². The second-order valence-electron chi connectivity index (χ2n) is 6.06. The molecule has 0 aromatic heterocycles. The second kappa shape index (κ2) is 9.74. The van der Waals surface area contributed by atoms with Crippen molar-refractivity contribution in [2.24, 2.45) is 0 Å². The smallest absolute Gasteiger partial charge is 0.450 e. The highest BCUT2D eigenvalue weighted by Gasteiger charge is 2.92. The molecule has 0 heterocycles. The average Bonchev–Trinajstić information content (AvgIpc) is 2.57. The van der Waals surface area contributed by atoms with Gasteiger partial charge in [-0.15, -0.1) is 18.1 Å². The van der Waals surface area contributed by atoms with Crippen molar-refractivity contribution in [2.75, 3.05) is 13.7 Å². The lowest BCUT2D eigenvalue weighted by molar-refractivity contribution is -0.672. The lowest BCUT2D eigenvalue weighted by Crippen LogP contribution is -2.87. The van der Waals surface area contributed by atoms with Crippen LogP contribution in [0.4, 0.5) is 39.9 Å². The molecule has 1 aliphatic carbocycles. The molecule has 0 aliphatic heterocycles. The number of ether oxygens (including phenoxy) is 6. The van der Waals surface area contributed by atoms with Crippen LogP contribution in [0.25, 0.3) is 0 Å². The maximum atomic E-state index is 15.1. The van der Waals surface area contributed by atoms with Crippen LogP contribution in [-0.4, -0.2) is 73.9 Å². The highest BCUT2D eigenvalue weighted by molar-refractivity contribution is 5.57. The summed E-state index contributed by atoms with van der Waals surface area (Å²) in [5.74, 6) is -13.8. The van der Waals surface area contributed by atoms with E-state index < -0.39 is 61.7 Å². The molecular weight excluding hydrogens is 480 g/mol. The van der Waals surface area contributed by atoms with Gasteiger partial charge in [0.1, 0.15) is 0 Å². The monoisotopic (exact) mass is 498 g/mol. The summed E-state index contributed by atoms with van der Waals surface area (Å²) in [7, 11) is 0.515. The van der Waals surface area contributed by atoms with Gasteiger partial charge in [0.25, 0.3) is 5.79 Å². The normalized spacial score (nSPS) is 29.6. The SMILES string of the molecule is CCOC(OOC1(F)C(OC)C(OC(C)C)(OC(F)F)C1(F)F)(OC(=O)O)OC(F)(F)F. The molecule has 18 heteroatoms. The van der Waals surface area contributed by atoms with Crippen molar-refractivity contribution in [1.29, 1.82) is 0 Å². The van der Waals surface area contributed by atoms with E-state index in [0.717, 1.165) is 20.8 Å². The Morgan fingerprint density at radius 2 is 1.69 bits per heavy atom. The van der Waals surface area contributed by atoms with Crippen molar-refractivity contribution in [2.45, 2.75) is 69.7 Å². The van der Waals surface area contributed by atoms with Crippen LogP contribution in [0.2, 0.25) is 0 Å². The third kappa shape index (κ3) is 5.49. The Morgan fingerprint density at radius 1 is 1.12 bits per heavy atom. The molecule has 1 fully saturated rings. The summed E-state index contributed by atoms with van der Waals surface area (Å²) in [5, 5.41) is 8.58. The van der Waals surface area contributed by atoms with Crippen LogP contribution in [0, 0.1) is 0 Å². The highest BCUT2D eigenvalue weighted by atomic mass is 19.4. The van der Waals surface area contributed by atoms with E-state index >= 15 is 4.39 Å². The van der Waals surface area contributed by atoms with Crippen molar-refractivity contribution in [1.82, 2.24) is 0 Å². The van der Waals surface area contributed by atoms with E-state index in [9.17, 15) is 35.5 Å². The first-order chi connectivity index (χ1) is 14.4. The van der Waals surface area contributed by atoms with Crippen LogP contribution < -0.4 is 0 Å². The molecule has 1 N–H and O–H groups in total. The second-order valence-corrected chi connectivity index (χ2v) is 6.06. The van der Waals surface area contributed by atoms with Gasteiger partial charge in [0.2, 0.25) is 0 Å². The molecule has 4 unspecified atom stereocenters. The van der Waals surface area contributed by atoms with E-state index in [2.05, 4.69) is 38.2 Å². The van der Waals surface area contributed by atoms with E-state index in [-0.39, 0.29) is 0 Å². The summed E-state index contributed by atoms with van der Waals surface area (Å²) < 4.78 is 132. The molecule has 0 aromatic rings. The van der Waals surface area contributed by atoms with Gasteiger partial charge in [0.15, 0.2) is 6.10 Å². The topological polar surface area (TPSA) is 111 Å². The minimum absolute atomic E-state index is 0.515. The van der Waals surface area contributed by atoms with Crippen LogP contribution in [0.3, 0.4) is 0 Å². The molecule has 10 nitrogen and oxygen atoms in total. The predicted molar refractivity (Wildman–Crippen MR) is 78.4 cm³/mol. The fourth-order valence-electron chi connectivity index (χ4n) is 2.59. The zero-order valence-corrected chi connectivity index (χ0v) is 16.6. The molecule has 1 aliphatic rings. The molecule has 1 saturated carbocycles. The Hall–Kier alpha value is -1.57. The fraction of sp³-hybridized carbons (Fsp3) is 0.929. The van der Waals surface area contributed by atoms with E-state index in [1.165, 1.54) is 0 Å². The van der Waals surface area contributed by atoms with Gasteiger partial charge in [-0.2, -0.15) is 31.6 Å². The molecular formula is C14H18F8O10. The molecule has 0 amide bonds. The van der Waals surface area contributed by atoms with Crippen LogP contribution in [0.15, 0.2) is 0 Å². The minimum atomic E-state index is -5.80. The van der Waals surface area contributed by atoms with Crippen molar-refractivity contribution >= 4 is 6.16 Å². The molecule has 1 rings (SSSR count). The quantitative estimate of drug-likeness (QED) is 0.141. The number of alkyl halides is 8. The van der Waals surface area contributed by atoms with Gasteiger partial charge in [-0.3, -0.25) is 9.47 Å². The summed E-state index contributed by atoms with van der Waals surface area (Å²) in [6.07, 6.45) is -16.9. The molecule has 0 aromatic carbocycles. The molecule has 190 valence electrons. The number of carboxylic acid groups (broad SMARTS) is 1. The first-order valence-electron chi connectivity index (χ1n) is 8.35. The highest BCUT2D eigenvalue weighted by Crippen LogP contribution is 2.62. The summed E-state index contributed by atoms with van der Waals surface area (Å²) in [4.78, 5) is 18.1. The molecule has 4 atom stereocenters. The zero-order chi connectivity index (χ0) is 25.2. The summed E-state index contributed by atoms with van der Waals surface area (Å²) in [5.41, 5.74) is 0. The predicted octanol–water partition coefficient (Wildman–Crippen LogP) is 3.50. The molecule has 32 heavy (non-hydrogen) atoms. The number of rotatable bonds is 12. The Morgan fingerprint density at radius 3 is 2.06 bits per heavy atom. The van der Waals surface area contributed by atoms with Crippen molar-refractivity contribution in [3.63, 3.8) is 0 Å². The van der Waals surface area contributed by atoms with Crippen LogP contribution in [0.5, 0.6) is 0 Å². The largest absolute Gasteiger partial charge is 0.529 e. The third-order valence-electron chi connectivity index (χ3n) is 3.50. The van der Waals surface area contributed by atoms with Crippen LogP contribution in [-0.2, 0) is 38.2 Å². The molecule has 0 spiro atoms. The minimum Gasteiger partial charge on any atom is -0.450 e. The van der Waals surface area contributed by atoms with Gasteiger partial charge in [0.05, 0.1) is 12.7 Å². The lowest BCUT2D eigenvalue weighted by atomic mass is 9.76. The summed E-state index contributed by atoms with van der Waals surface area (Å²) in [6, 6.07) is 0. The van der Waals surface area contributed by atoms with E-state index in [4.69, 9.17) is 5.11 Å². The van der Waals surface area contributed by atoms with E-state index in [1.54, 1.807) is 0 Å². The van der Waals surface area contributed by atoms with Gasteiger partial charge >= 0.3 is 37.1 Å². The number of carbonyl (C=O) groups is 1. The van der Waals surface area contributed by atoms with Gasteiger partial charge in [0, 0.05) is 7.11 Å². The lowest BCUT2D eigenvalue weighted by Gasteiger charge is -2.59. The van der Waals surface area contributed by atoms with Crippen LogP contribution in [0.1, 0.15) is 20.8 Å². The summed E-state index contributed by atoms with van der Waals surface area (Å²) >= 11 is 0. The average molecular weight is 498 g/mol. The Balaban J connectivity index is 3.35. The van der Waals surface area contributed by atoms with Gasteiger partial charge in [-0.05, 0) is 20.8 Å². The Bertz CT molecular complexity index is 637. The first-order valence-corrected chi connectivity index (χ1v) is 8.35.